The first-order valence-corrected chi connectivity index (χ1v) is 5.75. The van der Waals surface area contributed by atoms with Crippen LogP contribution in [-0.2, 0) is 0 Å². The molecule has 2 heterocycles. The number of anilines is 1. The Kier molecular flexibility index (Phi) is 2.37. The van der Waals surface area contributed by atoms with E-state index >= 15 is 0 Å². The molecule has 0 aliphatic rings. The maximum absolute atomic E-state index is 5.93. The molecule has 0 spiro atoms. The second kappa shape index (κ2) is 3.53. The van der Waals surface area contributed by atoms with Crippen LogP contribution in [0.15, 0.2) is 17.6 Å². The molecule has 0 amide bonds. The predicted octanol–water partition coefficient (Wildman–Crippen LogP) is 2.26. The van der Waals surface area contributed by atoms with Crippen LogP contribution in [0.3, 0.4) is 0 Å². The second-order valence-electron chi connectivity index (χ2n) is 3.21. The number of hydrogen-bond donors (Lipinski definition) is 1. The van der Waals surface area contributed by atoms with E-state index in [9.17, 15) is 0 Å². The van der Waals surface area contributed by atoms with Crippen LogP contribution >= 0.6 is 11.3 Å². The lowest BCUT2D eigenvalue weighted by Gasteiger charge is -2.22. The SMILES string of the molecule is CCN(CC)n1cc(N)c2ccsc21. The van der Waals surface area contributed by atoms with Gasteiger partial charge in [-0.2, -0.15) is 0 Å². The standard InChI is InChI=1S/C10H15N3S/c1-3-12(4-2)13-7-9(11)8-5-6-14-10(8)13/h5-7H,3-4,11H2,1-2H3. The predicted molar refractivity (Wildman–Crippen MR) is 63.5 cm³/mol. The van der Waals surface area contributed by atoms with E-state index in [0.29, 0.717) is 0 Å². The molecule has 0 aliphatic carbocycles. The lowest BCUT2D eigenvalue weighted by molar-refractivity contribution is 0.643. The van der Waals surface area contributed by atoms with Gasteiger partial charge < -0.3 is 10.7 Å². The number of rotatable bonds is 3. The summed E-state index contributed by atoms with van der Waals surface area (Å²) in [7, 11) is 0. The summed E-state index contributed by atoms with van der Waals surface area (Å²) in [5, 5.41) is 5.51. The molecule has 0 unspecified atom stereocenters. The summed E-state index contributed by atoms with van der Waals surface area (Å²) in [4.78, 5) is 1.24. The van der Waals surface area contributed by atoms with E-state index in [0.717, 1.165) is 18.8 Å². The molecular formula is C10H15N3S. The van der Waals surface area contributed by atoms with Crippen molar-refractivity contribution in [3.05, 3.63) is 17.6 Å². The van der Waals surface area contributed by atoms with Crippen molar-refractivity contribution in [2.45, 2.75) is 13.8 Å². The van der Waals surface area contributed by atoms with Crippen LogP contribution in [0.25, 0.3) is 10.2 Å². The average molecular weight is 209 g/mol. The van der Waals surface area contributed by atoms with E-state index in [4.69, 9.17) is 5.73 Å². The number of fused-ring (bicyclic) bond motifs is 1. The van der Waals surface area contributed by atoms with Gasteiger partial charge in [-0.25, -0.2) is 0 Å². The van der Waals surface area contributed by atoms with Gasteiger partial charge in [-0.15, -0.1) is 11.3 Å². The molecule has 3 nitrogen and oxygen atoms in total. The molecule has 0 radical (unpaired) electrons. The maximum Gasteiger partial charge on any atom is 0.124 e. The average Bonchev–Trinajstić information content (AvgIpc) is 2.74. The smallest absolute Gasteiger partial charge is 0.124 e. The van der Waals surface area contributed by atoms with Crippen LogP contribution in [-0.4, -0.2) is 17.8 Å². The van der Waals surface area contributed by atoms with Crippen molar-refractivity contribution < 1.29 is 0 Å². The Morgan fingerprint density at radius 2 is 2.14 bits per heavy atom. The normalized spacial score (nSPS) is 11.0. The summed E-state index contributed by atoms with van der Waals surface area (Å²) < 4.78 is 2.16. The second-order valence-corrected chi connectivity index (χ2v) is 4.10. The van der Waals surface area contributed by atoms with Crippen molar-refractivity contribution in [1.82, 2.24) is 4.68 Å². The molecule has 0 saturated carbocycles. The number of thiophene rings is 1. The third-order valence-electron chi connectivity index (χ3n) is 2.46. The van der Waals surface area contributed by atoms with Gasteiger partial charge in [0, 0.05) is 18.5 Å². The number of aromatic nitrogens is 1. The van der Waals surface area contributed by atoms with Crippen LogP contribution in [0.1, 0.15) is 13.8 Å². The van der Waals surface area contributed by atoms with Gasteiger partial charge in [-0.3, -0.25) is 4.68 Å². The molecule has 4 heteroatoms. The van der Waals surface area contributed by atoms with E-state index in [1.807, 2.05) is 6.20 Å². The summed E-state index contributed by atoms with van der Waals surface area (Å²) in [6.07, 6.45) is 2.01. The highest BCUT2D eigenvalue weighted by Gasteiger charge is 2.10. The fraction of sp³-hybridized carbons (Fsp3) is 0.400. The Labute approximate surface area is 87.7 Å². The van der Waals surface area contributed by atoms with Gasteiger partial charge >= 0.3 is 0 Å². The summed E-state index contributed by atoms with van der Waals surface area (Å²) in [5.74, 6) is 0. The third kappa shape index (κ3) is 1.26. The maximum atomic E-state index is 5.93. The molecule has 2 N–H and O–H groups in total. The van der Waals surface area contributed by atoms with Gasteiger partial charge in [0.2, 0.25) is 0 Å². The first-order chi connectivity index (χ1) is 6.77. The quantitative estimate of drug-likeness (QED) is 0.841. The van der Waals surface area contributed by atoms with Crippen LogP contribution in [0, 0.1) is 0 Å². The number of nitrogens with zero attached hydrogens (tertiary/aromatic N) is 2. The van der Waals surface area contributed by atoms with E-state index < -0.39 is 0 Å². The Morgan fingerprint density at radius 3 is 2.79 bits per heavy atom. The van der Waals surface area contributed by atoms with E-state index in [-0.39, 0.29) is 0 Å². The first kappa shape index (κ1) is 9.40. The largest absolute Gasteiger partial charge is 0.397 e. The summed E-state index contributed by atoms with van der Waals surface area (Å²) in [6.45, 7) is 6.30. The zero-order valence-corrected chi connectivity index (χ0v) is 9.34. The molecule has 2 aromatic rings. The van der Waals surface area contributed by atoms with Gasteiger partial charge in [0.05, 0.1) is 11.9 Å². The minimum absolute atomic E-state index is 0.869. The zero-order chi connectivity index (χ0) is 10.1. The van der Waals surface area contributed by atoms with Crippen LogP contribution < -0.4 is 10.7 Å². The molecule has 0 aliphatic heterocycles. The van der Waals surface area contributed by atoms with Gasteiger partial charge in [0.15, 0.2) is 0 Å². The molecule has 76 valence electrons. The van der Waals surface area contributed by atoms with Crippen molar-refractivity contribution in [3.8, 4) is 0 Å². The van der Waals surface area contributed by atoms with Crippen molar-refractivity contribution in [2.75, 3.05) is 23.8 Å². The minimum Gasteiger partial charge on any atom is -0.397 e. The van der Waals surface area contributed by atoms with Crippen LogP contribution in [0.4, 0.5) is 5.69 Å². The highest BCUT2D eigenvalue weighted by Crippen LogP contribution is 2.28. The number of hydrogen-bond acceptors (Lipinski definition) is 3. The van der Waals surface area contributed by atoms with Gasteiger partial charge in [-0.1, -0.05) is 0 Å². The molecule has 0 bridgehead atoms. The highest BCUT2D eigenvalue weighted by molar-refractivity contribution is 7.16. The minimum atomic E-state index is 0.869. The van der Waals surface area contributed by atoms with E-state index in [1.54, 1.807) is 11.3 Å². The Hall–Kier alpha value is -1.16. The van der Waals surface area contributed by atoms with Gasteiger partial charge in [-0.05, 0) is 25.3 Å². The monoisotopic (exact) mass is 209 g/mol. The Balaban J connectivity index is 2.55. The Morgan fingerprint density at radius 1 is 1.43 bits per heavy atom. The molecule has 0 aromatic carbocycles. The number of nitrogens with two attached hydrogens (primary N) is 1. The Bertz CT molecular complexity index is 425. The lowest BCUT2D eigenvalue weighted by atomic mass is 10.4. The van der Waals surface area contributed by atoms with E-state index in [2.05, 4.69) is 35.0 Å². The summed E-state index contributed by atoms with van der Waals surface area (Å²) in [5.41, 5.74) is 6.80. The summed E-state index contributed by atoms with van der Waals surface area (Å²) >= 11 is 1.74. The highest BCUT2D eigenvalue weighted by atomic mass is 32.1. The van der Waals surface area contributed by atoms with Crippen molar-refractivity contribution in [2.24, 2.45) is 0 Å². The first-order valence-electron chi connectivity index (χ1n) is 4.87. The molecule has 0 atom stereocenters. The third-order valence-corrected chi connectivity index (χ3v) is 3.36. The van der Waals surface area contributed by atoms with Crippen LogP contribution in [0.2, 0.25) is 0 Å². The summed E-state index contributed by atoms with van der Waals surface area (Å²) in [6, 6.07) is 2.08. The van der Waals surface area contributed by atoms with E-state index in [1.165, 1.54) is 10.2 Å². The van der Waals surface area contributed by atoms with Crippen molar-refractivity contribution >= 4 is 27.2 Å². The van der Waals surface area contributed by atoms with Gasteiger partial charge in [0.25, 0.3) is 0 Å². The molecule has 2 aromatic heterocycles. The zero-order valence-electron chi connectivity index (χ0n) is 8.53. The molecule has 2 rings (SSSR count). The lowest BCUT2D eigenvalue weighted by Crippen LogP contribution is -2.32. The molecule has 0 fully saturated rings. The van der Waals surface area contributed by atoms with Crippen LogP contribution in [0.5, 0.6) is 0 Å². The van der Waals surface area contributed by atoms with Gasteiger partial charge in [0.1, 0.15) is 4.83 Å². The number of nitrogen functional groups attached to an aromatic ring is 1. The van der Waals surface area contributed by atoms with Crippen molar-refractivity contribution in [3.63, 3.8) is 0 Å². The fourth-order valence-electron chi connectivity index (χ4n) is 1.70. The van der Waals surface area contributed by atoms with Crippen molar-refractivity contribution in [1.29, 1.82) is 0 Å². The molecule has 14 heavy (non-hydrogen) atoms. The fourth-order valence-corrected chi connectivity index (χ4v) is 2.62. The topological polar surface area (TPSA) is 34.2 Å². The molecular weight excluding hydrogens is 194 g/mol. The molecule has 0 saturated heterocycles.